The Kier molecular flexibility index (Phi) is 4.72. The van der Waals surface area contributed by atoms with Crippen molar-refractivity contribution in [3.05, 3.63) is 54.7 Å². The quantitative estimate of drug-likeness (QED) is 0.727. The molecule has 2 aromatic carbocycles. The molecule has 5 nitrogen and oxygen atoms in total. The first-order valence-corrected chi connectivity index (χ1v) is 10.5. The molecule has 1 N–H and O–H groups in total. The number of ether oxygens (including phenoxy) is 1. The van der Waals surface area contributed by atoms with E-state index < -0.39 is 0 Å². The zero-order valence-corrected chi connectivity index (χ0v) is 17.1. The van der Waals surface area contributed by atoms with Gasteiger partial charge in [-0.3, -0.25) is 5.32 Å². The lowest BCUT2D eigenvalue weighted by Gasteiger charge is -2.38. The van der Waals surface area contributed by atoms with Gasteiger partial charge in [0.25, 0.3) is 0 Å². The molecule has 150 valence electrons. The van der Waals surface area contributed by atoms with E-state index in [-0.39, 0.29) is 5.60 Å². The maximum atomic E-state index is 5.86. The molecule has 29 heavy (non-hydrogen) atoms. The van der Waals surface area contributed by atoms with Crippen LogP contribution in [-0.2, 0) is 4.74 Å². The van der Waals surface area contributed by atoms with Crippen LogP contribution in [0, 0.1) is 5.92 Å². The fourth-order valence-electron chi connectivity index (χ4n) is 4.83. The number of nitrogens with zero attached hydrogens (tertiary/aromatic N) is 3. The van der Waals surface area contributed by atoms with Gasteiger partial charge in [0.2, 0.25) is 5.95 Å². The van der Waals surface area contributed by atoms with Crippen molar-refractivity contribution in [2.75, 3.05) is 24.7 Å². The van der Waals surface area contributed by atoms with Crippen LogP contribution in [0.1, 0.15) is 26.7 Å². The van der Waals surface area contributed by atoms with Crippen LogP contribution < -0.4 is 10.2 Å². The SMILES string of the molecule is CC1(C)OCN[C@@H]1C1CCN(c2nccc(-c3ccc4ccccc4c3)n2)CC1. The highest BCUT2D eigenvalue weighted by Crippen LogP contribution is 2.33. The Bertz CT molecular complexity index is 1010. The van der Waals surface area contributed by atoms with Gasteiger partial charge >= 0.3 is 0 Å². The minimum Gasteiger partial charge on any atom is -0.359 e. The van der Waals surface area contributed by atoms with Crippen molar-refractivity contribution in [3.8, 4) is 11.3 Å². The fraction of sp³-hybridized carbons (Fsp3) is 0.417. The highest BCUT2D eigenvalue weighted by molar-refractivity contribution is 5.86. The van der Waals surface area contributed by atoms with Crippen LogP contribution in [0.25, 0.3) is 22.0 Å². The first-order valence-electron chi connectivity index (χ1n) is 10.5. The molecule has 2 fully saturated rings. The van der Waals surface area contributed by atoms with E-state index in [0.29, 0.717) is 18.7 Å². The average molecular weight is 389 g/mol. The molecule has 0 spiro atoms. The van der Waals surface area contributed by atoms with Gasteiger partial charge in [-0.2, -0.15) is 0 Å². The average Bonchev–Trinajstić information content (AvgIpc) is 3.12. The summed E-state index contributed by atoms with van der Waals surface area (Å²) in [5, 5.41) is 6.03. The lowest BCUT2D eigenvalue weighted by Crippen LogP contribution is -2.48. The Labute approximate surface area is 172 Å². The van der Waals surface area contributed by atoms with Gasteiger partial charge in [0.05, 0.1) is 18.0 Å². The Balaban J connectivity index is 1.32. The van der Waals surface area contributed by atoms with Gasteiger partial charge in [-0.15, -0.1) is 0 Å². The second-order valence-electron chi connectivity index (χ2n) is 8.70. The second kappa shape index (κ2) is 7.39. The minimum absolute atomic E-state index is 0.0840. The van der Waals surface area contributed by atoms with Crippen molar-refractivity contribution >= 4 is 16.7 Å². The molecule has 0 radical (unpaired) electrons. The van der Waals surface area contributed by atoms with Gasteiger partial charge in [-0.1, -0.05) is 36.4 Å². The van der Waals surface area contributed by atoms with Crippen molar-refractivity contribution < 1.29 is 4.74 Å². The predicted octanol–water partition coefficient (Wildman–Crippen LogP) is 4.24. The molecule has 5 heteroatoms. The number of benzene rings is 2. The van der Waals surface area contributed by atoms with Crippen molar-refractivity contribution in [3.63, 3.8) is 0 Å². The van der Waals surface area contributed by atoms with Gasteiger partial charge in [0.15, 0.2) is 0 Å². The molecule has 2 saturated heterocycles. The van der Waals surface area contributed by atoms with Gasteiger partial charge in [0.1, 0.15) is 0 Å². The normalized spacial score (nSPS) is 22.3. The molecule has 0 unspecified atom stereocenters. The number of hydrogen-bond donors (Lipinski definition) is 1. The lowest BCUT2D eigenvalue weighted by molar-refractivity contribution is 0.0147. The van der Waals surface area contributed by atoms with Gasteiger partial charge in [-0.25, -0.2) is 9.97 Å². The van der Waals surface area contributed by atoms with Crippen LogP contribution >= 0.6 is 0 Å². The van der Waals surface area contributed by atoms with Crippen LogP contribution in [0.2, 0.25) is 0 Å². The predicted molar refractivity (Wildman–Crippen MR) is 117 cm³/mol. The Hall–Kier alpha value is -2.50. The topological polar surface area (TPSA) is 50.3 Å². The second-order valence-corrected chi connectivity index (χ2v) is 8.70. The summed E-state index contributed by atoms with van der Waals surface area (Å²) in [7, 11) is 0. The molecular weight excluding hydrogens is 360 g/mol. The van der Waals surface area contributed by atoms with Crippen LogP contribution in [0.5, 0.6) is 0 Å². The third-order valence-electron chi connectivity index (χ3n) is 6.48. The Morgan fingerprint density at radius 1 is 1.03 bits per heavy atom. The largest absolute Gasteiger partial charge is 0.359 e. The molecule has 3 aromatic rings. The summed E-state index contributed by atoms with van der Waals surface area (Å²) in [4.78, 5) is 11.8. The van der Waals surface area contributed by atoms with Crippen LogP contribution in [0.3, 0.4) is 0 Å². The molecule has 2 aliphatic rings. The molecule has 0 bridgehead atoms. The maximum Gasteiger partial charge on any atom is 0.225 e. The number of fused-ring (bicyclic) bond motifs is 1. The molecule has 0 aliphatic carbocycles. The number of rotatable bonds is 3. The molecule has 3 heterocycles. The van der Waals surface area contributed by atoms with E-state index in [9.17, 15) is 0 Å². The summed E-state index contributed by atoms with van der Waals surface area (Å²) < 4.78 is 5.86. The number of nitrogens with one attached hydrogen (secondary N) is 1. The number of aromatic nitrogens is 2. The number of hydrogen-bond acceptors (Lipinski definition) is 5. The summed E-state index contributed by atoms with van der Waals surface area (Å²) in [5.74, 6) is 1.47. The van der Waals surface area contributed by atoms with E-state index in [1.54, 1.807) is 0 Å². The Morgan fingerprint density at radius 2 is 1.83 bits per heavy atom. The standard InChI is InChI=1S/C24H28N4O/c1-24(2)22(26-16-29-24)18-10-13-28(14-11-18)23-25-12-9-21(27-23)20-8-7-17-5-3-4-6-19(17)15-20/h3-9,12,15,18,22,26H,10-11,13-14,16H2,1-2H3/t22-/m1/s1. The zero-order chi connectivity index (χ0) is 19.8. The summed E-state index contributed by atoms with van der Waals surface area (Å²) in [6, 6.07) is 17.4. The maximum absolute atomic E-state index is 5.86. The molecule has 1 atom stereocenters. The molecule has 5 rings (SSSR count). The summed E-state index contributed by atoms with van der Waals surface area (Å²) >= 11 is 0. The van der Waals surface area contributed by atoms with Gasteiger partial charge < -0.3 is 9.64 Å². The zero-order valence-electron chi connectivity index (χ0n) is 17.1. The summed E-state index contributed by atoms with van der Waals surface area (Å²) in [5.41, 5.74) is 2.03. The van der Waals surface area contributed by atoms with Crippen molar-refractivity contribution in [2.24, 2.45) is 5.92 Å². The summed E-state index contributed by atoms with van der Waals surface area (Å²) in [6.45, 7) is 7.02. The van der Waals surface area contributed by atoms with Crippen LogP contribution in [0.15, 0.2) is 54.7 Å². The smallest absolute Gasteiger partial charge is 0.225 e. The van der Waals surface area contributed by atoms with E-state index in [0.717, 1.165) is 43.1 Å². The van der Waals surface area contributed by atoms with Gasteiger partial charge in [-0.05, 0) is 55.5 Å². The van der Waals surface area contributed by atoms with Gasteiger partial charge in [0, 0.05) is 30.9 Å². The molecule has 0 saturated carbocycles. The molecule has 0 amide bonds. The van der Waals surface area contributed by atoms with Crippen molar-refractivity contribution in [1.29, 1.82) is 0 Å². The molecule has 2 aliphatic heterocycles. The molecular formula is C24H28N4O. The number of anilines is 1. The van der Waals surface area contributed by atoms with E-state index in [4.69, 9.17) is 9.72 Å². The third-order valence-corrected chi connectivity index (χ3v) is 6.48. The van der Waals surface area contributed by atoms with E-state index in [2.05, 4.69) is 71.5 Å². The highest BCUT2D eigenvalue weighted by Gasteiger charge is 2.41. The summed E-state index contributed by atoms with van der Waals surface area (Å²) in [6.07, 6.45) is 4.15. The lowest BCUT2D eigenvalue weighted by atomic mass is 9.82. The van der Waals surface area contributed by atoms with Crippen molar-refractivity contribution in [1.82, 2.24) is 15.3 Å². The molecule has 1 aromatic heterocycles. The number of piperidine rings is 1. The van der Waals surface area contributed by atoms with Crippen molar-refractivity contribution in [2.45, 2.75) is 38.3 Å². The van der Waals surface area contributed by atoms with Crippen LogP contribution in [-0.4, -0.2) is 41.4 Å². The highest BCUT2D eigenvalue weighted by atomic mass is 16.5. The first kappa shape index (κ1) is 18.5. The fourth-order valence-corrected chi connectivity index (χ4v) is 4.83. The Morgan fingerprint density at radius 3 is 2.59 bits per heavy atom. The minimum atomic E-state index is -0.0840. The first-order chi connectivity index (χ1) is 14.1. The van der Waals surface area contributed by atoms with E-state index in [1.165, 1.54) is 10.8 Å². The van der Waals surface area contributed by atoms with E-state index >= 15 is 0 Å². The monoisotopic (exact) mass is 388 g/mol. The van der Waals surface area contributed by atoms with E-state index in [1.807, 2.05) is 12.3 Å². The third kappa shape index (κ3) is 3.61. The van der Waals surface area contributed by atoms with Crippen LogP contribution in [0.4, 0.5) is 5.95 Å².